The molecule has 0 saturated carbocycles. The number of aryl methyl sites for hydroxylation is 1. The largest absolute Gasteiger partial charge is 0.459 e. The monoisotopic (exact) mass is 423 g/mol. The van der Waals surface area contributed by atoms with Gasteiger partial charge in [0.15, 0.2) is 0 Å². The number of carbonyl (C=O) groups is 3. The molecule has 31 heavy (non-hydrogen) atoms. The van der Waals surface area contributed by atoms with Crippen molar-refractivity contribution in [3.8, 4) is 0 Å². The second-order valence-electron chi connectivity index (χ2n) is 8.92. The van der Waals surface area contributed by atoms with Crippen molar-refractivity contribution in [3.63, 3.8) is 0 Å². The van der Waals surface area contributed by atoms with Crippen molar-refractivity contribution in [2.45, 2.75) is 58.8 Å². The number of esters is 1. The molecule has 2 unspecified atom stereocenters. The highest BCUT2D eigenvalue weighted by Crippen LogP contribution is 2.30. The number of benzene rings is 2. The summed E-state index contributed by atoms with van der Waals surface area (Å²) in [6, 6.07) is 16.2. The molecule has 1 aliphatic heterocycles. The summed E-state index contributed by atoms with van der Waals surface area (Å²) in [4.78, 5) is 39.7. The zero-order valence-corrected chi connectivity index (χ0v) is 18.5. The number of hydrogen-bond acceptors (Lipinski definition) is 5. The van der Waals surface area contributed by atoms with E-state index in [1.807, 2.05) is 61.5 Å². The highest BCUT2D eigenvalue weighted by molar-refractivity contribution is 6.00. The van der Waals surface area contributed by atoms with Crippen molar-refractivity contribution in [2.75, 3.05) is 0 Å². The lowest BCUT2D eigenvalue weighted by atomic mass is 9.95. The molecule has 0 aliphatic carbocycles. The van der Waals surface area contributed by atoms with Gasteiger partial charge < -0.3 is 9.47 Å². The number of rotatable bonds is 5. The smallest absolute Gasteiger partial charge is 0.417 e. The minimum Gasteiger partial charge on any atom is -0.459 e. The Morgan fingerprint density at radius 3 is 2.26 bits per heavy atom. The fourth-order valence-corrected chi connectivity index (χ4v) is 3.56. The molecule has 0 bridgehead atoms. The fourth-order valence-electron chi connectivity index (χ4n) is 3.56. The Balaban J connectivity index is 1.77. The topological polar surface area (TPSA) is 72.9 Å². The lowest BCUT2D eigenvalue weighted by Crippen LogP contribution is -2.46. The molecule has 1 heterocycles. The maximum atomic E-state index is 13.1. The number of nitrogens with zero attached hydrogens (tertiary/aromatic N) is 1. The average Bonchev–Trinajstić information content (AvgIpc) is 3.04. The Bertz CT molecular complexity index is 931. The van der Waals surface area contributed by atoms with Gasteiger partial charge in [0.2, 0.25) is 5.91 Å². The Kier molecular flexibility index (Phi) is 6.78. The number of imide groups is 1. The van der Waals surface area contributed by atoms with Crippen LogP contribution in [0.3, 0.4) is 0 Å². The minimum atomic E-state index is -0.999. The Hall–Kier alpha value is -3.15. The molecule has 6 nitrogen and oxygen atoms in total. The molecule has 0 radical (unpaired) electrons. The van der Waals surface area contributed by atoms with Gasteiger partial charge in [-0.25, -0.2) is 14.5 Å². The Morgan fingerprint density at radius 1 is 1.00 bits per heavy atom. The molecular weight excluding hydrogens is 394 g/mol. The first-order valence-corrected chi connectivity index (χ1v) is 10.5. The first-order valence-electron chi connectivity index (χ1n) is 10.5. The van der Waals surface area contributed by atoms with E-state index in [2.05, 4.69) is 0 Å². The molecule has 6 heteroatoms. The standard InChI is InChI=1S/C25H29NO5/c1-17-10-12-18(13-11-17)14-20-15-21(23(28)30-16-19-8-6-5-7-9-19)26(22(20)27)24(29)31-25(2,3)4/h5-13,20-21H,14-16H2,1-4H3. The molecule has 1 fully saturated rings. The SMILES string of the molecule is Cc1ccc(CC2CC(C(=O)OCc3ccccc3)N(C(=O)OC(C)(C)C)C2=O)cc1. The number of carbonyl (C=O) groups excluding carboxylic acids is 3. The van der Waals surface area contributed by atoms with Crippen LogP contribution in [0.4, 0.5) is 4.79 Å². The quantitative estimate of drug-likeness (QED) is 0.665. The highest BCUT2D eigenvalue weighted by Gasteiger charge is 2.48. The van der Waals surface area contributed by atoms with Crippen LogP contribution in [0.1, 0.15) is 43.9 Å². The van der Waals surface area contributed by atoms with Crippen LogP contribution >= 0.6 is 0 Å². The van der Waals surface area contributed by atoms with Crippen LogP contribution in [0, 0.1) is 12.8 Å². The van der Waals surface area contributed by atoms with Gasteiger partial charge in [0.1, 0.15) is 18.2 Å². The van der Waals surface area contributed by atoms with Gasteiger partial charge in [0, 0.05) is 5.92 Å². The van der Waals surface area contributed by atoms with Crippen LogP contribution in [-0.2, 0) is 32.1 Å². The molecule has 2 aromatic carbocycles. The lowest BCUT2D eigenvalue weighted by molar-refractivity contribution is -0.152. The van der Waals surface area contributed by atoms with Gasteiger partial charge in [-0.3, -0.25) is 4.79 Å². The summed E-state index contributed by atoms with van der Waals surface area (Å²) in [6.07, 6.45) is -0.161. The van der Waals surface area contributed by atoms with Gasteiger partial charge in [-0.05, 0) is 51.7 Å². The van der Waals surface area contributed by atoms with Crippen LogP contribution in [0.15, 0.2) is 54.6 Å². The highest BCUT2D eigenvalue weighted by atomic mass is 16.6. The molecule has 2 aromatic rings. The molecule has 0 N–H and O–H groups in total. The van der Waals surface area contributed by atoms with Gasteiger partial charge >= 0.3 is 12.1 Å². The maximum Gasteiger partial charge on any atom is 0.417 e. The van der Waals surface area contributed by atoms with Crippen LogP contribution in [-0.4, -0.2) is 34.5 Å². The summed E-state index contributed by atoms with van der Waals surface area (Å²) in [5.74, 6) is -1.50. The van der Waals surface area contributed by atoms with Crippen LogP contribution in [0.25, 0.3) is 0 Å². The molecule has 164 valence electrons. The van der Waals surface area contributed by atoms with Gasteiger partial charge in [-0.15, -0.1) is 0 Å². The second-order valence-corrected chi connectivity index (χ2v) is 8.92. The predicted octanol–water partition coefficient (Wildman–Crippen LogP) is 4.43. The van der Waals surface area contributed by atoms with E-state index in [1.54, 1.807) is 20.8 Å². The van der Waals surface area contributed by atoms with Crippen LogP contribution in [0.5, 0.6) is 0 Å². The molecule has 2 atom stereocenters. The van der Waals surface area contributed by atoms with E-state index in [0.29, 0.717) is 6.42 Å². The van der Waals surface area contributed by atoms with E-state index in [1.165, 1.54) is 0 Å². The van der Waals surface area contributed by atoms with Gasteiger partial charge in [0.05, 0.1) is 0 Å². The van der Waals surface area contributed by atoms with Crippen molar-refractivity contribution >= 4 is 18.0 Å². The zero-order valence-electron chi connectivity index (χ0n) is 18.5. The third-order valence-corrected chi connectivity index (χ3v) is 5.10. The van der Waals surface area contributed by atoms with Gasteiger partial charge in [-0.1, -0.05) is 60.2 Å². The summed E-state index contributed by atoms with van der Waals surface area (Å²) in [7, 11) is 0. The van der Waals surface area contributed by atoms with E-state index in [4.69, 9.17) is 9.47 Å². The molecule has 1 saturated heterocycles. The van der Waals surface area contributed by atoms with E-state index >= 15 is 0 Å². The number of hydrogen-bond donors (Lipinski definition) is 0. The predicted molar refractivity (Wildman–Crippen MR) is 116 cm³/mol. The molecule has 1 aliphatic rings. The molecular formula is C25H29NO5. The summed E-state index contributed by atoms with van der Waals surface area (Å²) < 4.78 is 10.9. The summed E-state index contributed by atoms with van der Waals surface area (Å²) in [6.45, 7) is 7.23. The summed E-state index contributed by atoms with van der Waals surface area (Å²) in [5, 5.41) is 0. The average molecular weight is 424 g/mol. The second kappa shape index (κ2) is 9.33. The van der Waals surface area contributed by atoms with Gasteiger partial charge in [0.25, 0.3) is 0 Å². The van der Waals surface area contributed by atoms with Crippen molar-refractivity contribution in [1.82, 2.24) is 4.90 Å². The lowest BCUT2D eigenvalue weighted by Gasteiger charge is -2.26. The fraction of sp³-hybridized carbons (Fsp3) is 0.400. The first-order chi connectivity index (χ1) is 14.6. The van der Waals surface area contributed by atoms with Gasteiger partial charge in [-0.2, -0.15) is 0 Å². The normalized spacial score (nSPS) is 18.7. The van der Waals surface area contributed by atoms with Crippen molar-refractivity contribution < 1.29 is 23.9 Å². The number of ether oxygens (including phenoxy) is 2. The third-order valence-electron chi connectivity index (χ3n) is 5.10. The van der Waals surface area contributed by atoms with E-state index in [-0.39, 0.29) is 13.0 Å². The zero-order chi connectivity index (χ0) is 22.6. The van der Waals surface area contributed by atoms with E-state index in [0.717, 1.165) is 21.6 Å². The maximum absolute atomic E-state index is 13.1. The number of likely N-dealkylation sites (tertiary alicyclic amines) is 1. The molecule has 0 aromatic heterocycles. The summed E-state index contributed by atoms with van der Waals surface area (Å²) in [5.41, 5.74) is 2.15. The third kappa shape index (κ3) is 5.94. The van der Waals surface area contributed by atoms with Crippen molar-refractivity contribution in [3.05, 3.63) is 71.3 Å². The van der Waals surface area contributed by atoms with Crippen LogP contribution in [0.2, 0.25) is 0 Å². The van der Waals surface area contributed by atoms with E-state index < -0.39 is 35.5 Å². The molecule has 3 rings (SSSR count). The van der Waals surface area contributed by atoms with Crippen LogP contribution < -0.4 is 0 Å². The Labute approximate surface area is 183 Å². The number of amides is 2. The van der Waals surface area contributed by atoms with Crippen molar-refractivity contribution in [2.24, 2.45) is 5.92 Å². The minimum absolute atomic E-state index is 0.0785. The molecule has 0 spiro atoms. The van der Waals surface area contributed by atoms with E-state index in [9.17, 15) is 14.4 Å². The summed E-state index contributed by atoms with van der Waals surface area (Å²) >= 11 is 0. The van der Waals surface area contributed by atoms with Crippen molar-refractivity contribution in [1.29, 1.82) is 0 Å². The Morgan fingerprint density at radius 2 is 1.65 bits per heavy atom. The molecule has 2 amide bonds. The first kappa shape index (κ1) is 22.5.